The summed E-state index contributed by atoms with van der Waals surface area (Å²) in [7, 11) is 0. The molecule has 2 aromatic carbocycles. The van der Waals surface area contributed by atoms with E-state index in [0.29, 0.717) is 11.0 Å². The number of amides is 1. The van der Waals surface area contributed by atoms with Gasteiger partial charge in [0, 0.05) is 6.04 Å². The Morgan fingerprint density at radius 2 is 2.00 bits per heavy atom. The Kier molecular flexibility index (Phi) is 4.65. The van der Waals surface area contributed by atoms with Crippen LogP contribution in [0.15, 0.2) is 53.3 Å². The van der Waals surface area contributed by atoms with Crippen molar-refractivity contribution in [1.29, 1.82) is 0 Å². The van der Waals surface area contributed by atoms with Gasteiger partial charge in [-0.05, 0) is 49.9 Å². The van der Waals surface area contributed by atoms with Gasteiger partial charge in [0.05, 0.1) is 11.0 Å². The average molecular weight is 375 g/mol. The molecule has 2 N–H and O–H groups in total. The second-order valence-corrected chi connectivity index (χ2v) is 7.07. The number of aromatic amines is 1. The van der Waals surface area contributed by atoms with Crippen LogP contribution in [0.25, 0.3) is 16.6 Å². The summed E-state index contributed by atoms with van der Waals surface area (Å²) in [4.78, 5) is 28.1. The van der Waals surface area contributed by atoms with E-state index in [-0.39, 0.29) is 22.8 Å². The Labute approximate surface area is 161 Å². The van der Waals surface area contributed by atoms with Gasteiger partial charge in [-0.25, -0.2) is 4.52 Å². The van der Waals surface area contributed by atoms with Crippen molar-refractivity contribution >= 4 is 22.5 Å². The van der Waals surface area contributed by atoms with Crippen molar-refractivity contribution in [1.82, 2.24) is 25.1 Å². The van der Waals surface area contributed by atoms with Crippen LogP contribution < -0.4 is 10.9 Å². The van der Waals surface area contributed by atoms with Crippen molar-refractivity contribution in [2.45, 2.75) is 32.7 Å². The normalized spacial score (nSPS) is 12.4. The maximum absolute atomic E-state index is 12.7. The van der Waals surface area contributed by atoms with Gasteiger partial charge in [-0.2, -0.15) is 0 Å². The van der Waals surface area contributed by atoms with E-state index >= 15 is 0 Å². The highest BCUT2D eigenvalue weighted by Gasteiger charge is 2.21. The van der Waals surface area contributed by atoms with Crippen molar-refractivity contribution in [3.8, 4) is 0 Å². The van der Waals surface area contributed by atoms with E-state index in [9.17, 15) is 9.59 Å². The standard InChI is InChI=1S/C21H21N5O2/c1-13-8-11-17-16(12-13)23-21(28)19-18(24-25-26(17)19)20(27)22-14(2)9-10-15-6-4-3-5-7-15/h3-8,11-12,14H,9-10H2,1-2H3,(H,22,27)(H,23,28)/t14-/m0/s1. The summed E-state index contributed by atoms with van der Waals surface area (Å²) in [5.74, 6) is -0.396. The van der Waals surface area contributed by atoms with Gasteiger partial charge < -0.3 is 10.3 Å². The molecular weight excluding hydrogens is 354 g/mol. The Morgan fingerprint density at radius 3 is 2.79 bits per heavy atom. The molecule has 28 heavy (non-hydrogen) atoms. The first kappa shape index (κ1) is 17.9. The molecular formula is C21H21N5O2. The van der Waals surface area contributed by atoms with Gasteiger partial charge in [-0.1, -0.05) is 41.6 Å². The molecule has 0 bridgehead atoms. The molecule has 0 fully saturated rings. The summed E-state index contributed by atoms with van der Waals surface area (Å²) < 4.78 is 1.43. The lowest BCUT2D eigenvalue weighted by atomic mass is 10.1. The van der Waals surface area contributed by atoms with Crippen molar-refractivity contribution in [2.24, 2.45) is 0 Å². The number of benzene rings is 2. The van der Waals surface area contributed by atoms with Crippen LogP contribution >= 0.6 is 0 Å². The maximum Gasteiger partial charge on any atom is 0.277 e. The Morgan fingerprint density at radius 1 is 1.21 bits per heavy atom. The number of carbonyl (C=O) groups is 1. The lowest BCUT2D eigenvalue weighted by Gasteiger charge is -2.13. The first-order chi connectivity index (χ1) is 13.5. The van der Waals surface area contributed by atoms with Crippen molar-refractivity contribution in [3.05, 3.63) is 75.7 Å². The first-order valence-electron chi connectivity index (χ1n) is 9.26. The van der Waals surface area contributed by atoms with Crippen molar-refractivity contribution in [3.63, 3.8) is 0 Å². The second-order valence-electron chi connectivity index (χ2n) is 7.07. The van der Waals surface area contributed by atoms with E-state index in [0.717, 1.165) is 18.4 Å². The van der Waals surface area contributed by atoms with E-state index in [4.69, 9.17) is 0 Å². The number of aryl methyl sites for hydroxylation is 2. The zero-order valence-electron chi connectivity index (χ0n) is 15.8. The van der Waals surface area contributed by atoms with Gasteiger partial charge in [0.2, 0.25) is 0 Å². The van der Waals surface area contributed by atoms with Crippen LogP contribution in [0.4, 0.5) is 0 Å². The highest BCUT2D eigenvalue weighted by Crippen LogP contribution is 2.15. The quantitative estimate of drug-likeness (QED) is 0.561. The molecule has 1 amide bonds. The molecule has 0 saturated heterocycles. The average Bonchev–Trinajstić information content (AvgIpc) is 3.13. The number of nitrogens with one attached hydrogen (secondary N) is 2. The summed E-state index contributed by atoms with van der Waals surface area (Å²) in [5, 5.41) is 10.9. The molecule has 1 atom stereocenters. The van der Waals surface area contributed by atoms with Crippen LogP contribution in [-0.2, 0) is 6.42 Å². The predicted octanol–water partition coefficient (Wildman–Crippen LogP) is 2.63. The number of carbonyl (C=O) groups excluding carboxylic acids is 1. The molecule has 0 spiro atoms. The Bertz CT molecular complexity index is 1210. The molecule has 0 aliphatic carbocycles. The molecule has 0 unspecified atom stereocenters. The topological polar surface area (TPSA) is 92.1 Å². The zero-order valence-corrected chi connectivity index (χ0v) is 15.8. The molecule has 7 heteroatoms. The molecule has 0 saturated carbocycles. The molecule has 7 nitrogen and oxygen atoms in total. The number of rotatable bonds is 5. The third-order valence-electron chi connectivity index (χ3n) is 4.82. The number of aromatic nitrogens is 4. The fourth-order valence-electron chi connectivity index (χ4n) is 3.32. The number of nitrogens with zero attached hydrogens (tertiary/aromatic N) is 3. The number of H-pyrrole nitrogens is 1. The van der Waals surface area contributed by atoms with Crippen LogP contribution in [-0.4, -0.2) is 31.8 Å². The van der Waals surface area contributed by atoms with Gasteiger partial charge >= 0.3 is 0 Å². The van der Waals surface area contributed by atoms with Crippen molar-refractivity contribution in [2.75, 3.05) is 0 Å². The van der Waals surface area contributed by atoms with Crippen LogP contribution in [0.1, 0.15) is 35.0 Å². The first-order valence-corrected chi connectivity index (χ1v) is 9.26. The number of hydrogen-bond acceptors (Lipinski definition) is 4. The van der Waals surface area contributed by atoms with Gasteiger partial charge in [0.15, 0.2) is 11.2 Å². The molecule has 0 aliphatic rings. The molecule has 0 radical (unpaired) electrons. The monoisotopic (exact) mass is 375 g/mol. The third kappa shape index (κ3) is 3.38. The number of fused-ring (bicyclic) bond motifs is 3. The fourth-order valence-corrected chi connectivity index (χ4v) is 3.32. The largest absolute Gasteiger partial charge is 0.348 e. The summed E-state index contributed by atoms with van der Waals surface area (Å²) in [6.45, 7) is 3.88. The molecule has 0 aliphatic heterocycles. The zero-order chi connectivity index (χ0) is 19.7. The van der Waals surface area contributed by atoms with E-state index < -0.39 is 5.91 Å². The summed E-state index contributed by atoms with van der Waals surface area (Å²) in [5.41, 5.74) is 3.41. The van der Waals surface area contributed by atoms with Crippen LogP contribution in [0, 0.1) is 6.92 Å². The lowest BCUT2D eigenvalue weighted by molar-refractivity contribution is 0.0935. The minimum atomic E-state index is -0.396. The Balaban J connectivity index is 1.57. The minimum absolute atomic E-state index is 0.0373. The van der Waals surface area contributed by atoms with Gasteiger partial charge in [0.25, 0.3) is 11.5 Å². The van der Waals surface area contributed by atoms with Crippen LogP contribution in [0.3, 0.4) is 0 Å². The molecule has 4 aromatic rings. The fraction of sp³-hybridized carbons (Fsp3) is 0.238. The van der Waals surface area contributed by atoms with Crippen LogP contribution in [0.2, 0.25) is 0 Å². The van der Waals surface area contributed by atoms with Crippen molar-refractivity contribution < 1.29 is 4.79 Å². The minimum Gasteiger partial charge on any atom is -0.348 e. The second kappa shape index (κ2) is 7.26. The SMILES string of the molecule is Cc1ccc2c(c1)[nH]c(=O)c1c(C(=O)N[C@@H](C)CCc3ccccc3)nnn12. The number of hydrogen-bond donors (Lipinski definition) is 2. The summed E-state index contributed by atoms with van der Waals surface area (Å²) in [6, 6.07) is 15.7. The van der Waals surface area contributed by atoms with Crippen LogP contribution in [0.5, 0.6) is 0 Å². The highest BCUT2D eigenvalue weighted by atomic mass is 16.2. The molecule has 4 rings (SSSR count). The van der Waals surface area contributed by atoms with Gasteiger partial charge in [0.1, 0.15) is 0 Å². The third-order valence-corrected chi connectivity index (χ3v) is 4.82. The smallest absolute Gasteiger partial charge is 0.277 e. The molecule has 142 valence electrons. The van der Waals surface area contributed by atoms with E-state index in [2.05, 4.69) is 32.7 Å². The highest BCUT2D eigenvalue weighted by molar-refractivity contribution is 5.99. The van der Waals surface area contributed by atoms with Gasteiger partial charge in [-0.15, -0.1) is 5.10 Å². The van der Waals surface area contributed by atoms with E-state index in [1.165, 1.54) is 10.1 Å². The molecule has 2 heterocycles. The predicted molar refractivity (Wildman–Crippen MR) is 108 cm³/mol. The summed E-state index contributed by atoms with van der Waals surface area (Å²) in [6.07, 6.45) is 1.64. The molecule has 2 aromatic heterocycles. The van der Waals surface area contributed by atoms with E-state index in [1.54, 1.807) is 0 Å². The maximum atomic E-state index is 12.7. The van der Waals surface area contributed by atoms with Gasteiger partial charge in [-0.3, -0.25) is 9.59 Å². The van der Waals surface area contributed by atoms with E-state index in [1.807, 2.05) is 50.2 Å². The lowest BCUT2D eigenvalue weighted by Crippen LogP contribution is -2.33. The Hall–Kier alpha value is -3.48. The summed E-state index contributed by atoms with van der Waals surface area (Å²) >= 11 is 0.